The second-order valence-electron chi connectivity index (χ2n) is 6.85. The van der Waals surface area contributed by atoms with Crippen LogP contribution in [0.3, 0.4) is 0 Å². The molecule has 3 heterocycles. The van der Waals surface area contributed by atoms with Crippen molar-refractivity contribution in [2.24, 2.45) is 11.3 Å². The number of hydrogen-bond acceptors (Lipinski definition) is 5. The van der Waals surface area contributed by atoms with Gasteiger partial charge in [0.25, 0.3) is 0 Å². The van der Waals surface area contributed by atoms with E-state index in [-0.39, 0.29) is 5.41 Å². The number of sulfonamides is 1. The van der Waals surface area contributed by atoms with Crippen molar-refractivity contribution < 1.29 is 13.2 Å². The molecule has 0 saturated carbocycles. The van der Waals surface area contributed by atoms with Crippen molar-refractivity contribution in [3.05, 3.63) is 30.1 Å². The molecule has 23 heavy (non-hydrogen) atoms. The average Bonchev–Trinajstić information content (AvgIpc) is 2.88. The van der Waals surface area contributed by atoms with Crippen molar-refractivity contribution in [3.63, 3.8) is 0 Å². The number of hydrogen-bond donors (Lipinski definition) is 0. The molecular formula is C16H25N3O3S. The Morgan fingerprint density at radius 3 is 2.87 bits per heavy atom. The molecule has 0 spiro atoms. The number of rotatable bonds is 5. The van der Waals surface area contributed by atoms with Crippen molar-refractivity contribution in [2.75, 3.05) is 46.2 Å². The Morgan fingerprint density at radius 2 is 2.22 bits per heavy atom. The predicted octanol–water partition coefficient (Wildman–Crippen LogP) is 0.812. The lowest BCUT2D eigenvalue weighted by Crippen LogP contribution is -2.48. The summed E-state index contributed by atoms with van der Waals surface area (Å²) in [6.07, 6.45) is 4.08. The molecule has 2 fully saturated rings. The number of methoxy groups -OCH3 is 1. The lowest BCUT2D eigenvalue weighted by atomic mass is 9.73. The number of aromatic nitrogens is 1. The number of nitrogens with zero attached hydrogens (tertiary/aromatic N) is 3. The van der Waals surface area contributed by atoms with Gasteiger partial charge in [-0.1, -0.05) is 6.07 Å². The summed E-state index contributed by atoms with van der Waals surface area (Å²) >= 11 is 0. The molecule has 0 aliphatic carbocycles. The Bertz CT molecular complexity index is 637. The van der Waals surface area contributed by atoms with E-state index in [1.54, 1.807) is 11.4 Å². The minimum absolute atomic E-state index is 0.0432. The summed E-state index contributed by atoms with van der Waals surface area (Å²) < 4.78 is 31.0. The molecule has 0 N–H and O–H groups in total. The van der Waals surface area contributed by atoms with Crippen LogP contribution in [0.2, 0.25) is 0 Å². The standard InChI is InChI=1S/C16H25N3O3S/c1-22-13-16-6-8-18(11-15-5-3-4-7-17-15)9-14(16)10-19(12-16)23(2,20)21/h3-5,7,14H,6,8-13H2,1-2H3/t14-,16+/m1/s1. The second-order valence-corrected chi connectivity index (χ2v) is 8.84. The van der Waals surface area contributed by atoms with E-state index in [4.69, 9.17) is 4.74 Å². The van der Waals surface area contributed by atoms with Gasteiger partial charge in [0.1, 0.15) is 0 Å². The Labute approximate surface area is 138 Å². The van der Waals surface area contributed by atoms with Gasteiger partial charge in [-0.3, -0.25) is 9.88 Å². The molecule has 128 valence electrons. The Hall–Kier alpha value is -1.02. The topological polar surface area (TPSA) is 62.7 Å². The number of ether oxygens (including phenoxy) is 1. The maximum absolute atomic E-state index is 12.0. The Morgan fingerprint density at radius 1 is 1.39 bits per heavy atom. The first-order valence-electron chi connectivity index (χ1n) is 7.99. The number of pyridine rings is 1. The van der Waals surface area contributed by atoms with E-state index >= 15 is 0 Å². The summed E-state index contributed by atoms with van der Waals surface area (Å²) in [7, 11) is -1.44. The van der Waals surface area contributed by atoms with Crippen LogP contribution in [0.1, 0.15) is 12.1 Å². The van der Waals surface area contributed by atoms with Crippen molar-refractivity contribution in [1.82, 2.24) is 14.2 Å². The van der Waals surface area contributed by atoms with Crippen molar-refractivity contribution >= 4 is 10.0 Å². The number of fused-ring (bicyclic) bond motifs is 1. The van der Waals surface area contributed by atoms with Crippen molar-refractivity contribution in [1.29, 1.82) is 0 Å². The van der Waals surface area contributed by atoms with Gasteiger partial charge in [-0.25, -0.2) is 12.7 Å². The lowest BCUT2D eigenvalue weighted by molar-refractivity contribution is -0.00139. The number of likely N-dealkylation sites (tertiary alicyclic amines) is 1. The molecule has 2 saturated heterocycles. The molecule has 2 atom stereocenters. The number of piperidine rings is 1. The van der Waals surface area contributed by atoms with Crippen LogP contribution in [0, 0.1) is 11.3 Å². The van der Waals surface area contributed by atoms with E-state index in [2.05, 4.69) is 9.88 Å². The van der Waals surface area contributed by atoms with Gasteiger partial charge in [-0.15, -0.1) is 0 Å². The molecule has 3 rings (SSSR count). The van der Waals surface area contributed by atoms with Gasteiger partial charge in [0.05, 0.1) is 18.6 Å². The third-order valence-electron chi connectivity index (χ3n) is 5.20. The lowest BCUT2D eigenvalue weighted by Gasteiger charge is -2.43. The molecule has 6 nitrogen and oxygen atoms in total. The Kier molecular flexibility index (Phi) is 4.73. The van der Waals surface area contributed by atoms with Crippen LogP contribution in [-0.2, 0) is 21.3 Å². The normalized spacial score (nSPS) is 29.6. The molecule has 0 bridgehead atoms. The summed E-state index contributed by atoms with van der Waals surface area (Å²) in [5.41, 5.74) is 1.02. The molecule has 0 unspecified atom stereocenters. The van der Waals surface area contributed by atoms with Crippen molar-refractivity contribution in [3.8, 4) is 0 Å². The summed E-state index contributed by atoms with van der Waals surface area (Å²) in [5, 5.41) is 0. The van der Waals surface area contributed by atoms with Gasteiger partial charge in [0, 0.05) is 44.9 Å². The summed E-state index contributed by atoms with van der Waals surface area (Å²) in [6, 6.07) is 5.96. The molecule has 2 aliphatic rings. The van der Waals surface area contributed by atoms with Gasteiger partial charge in [0.15, 0.2) is 0 Å². The highest BCUT2D eigenvalue weighted by atomic mass is 32.2. The van der Waals surface area contributed by atoms with Crippen molar-refractivity contribution in [2.45, 2.75) is 13.0 Å². The van der Waals surface area contributed by atoms with Crippen LogP contribution in [0.5, 0.6) is 0 Å². The quantitative estimate of drug-likeness (QED) is 0.794. The highest BCUT2D eigenvalue weighted by molar-refractivity contribution is 7.88. The third-order valence-corrected chi connectivity index (χ3v) is 6.41. The van der Waals surface area contributed by atoms with E-state index in [9.17, 15) is 8.42 Å². The smallest absolute Gasteiger partial charge is 0.211 e. The van der Waals surface area contributed by atoms with Gasteiger partial charge in [0.2, 0.25) is 10.0 Å². The first kappa shape index (κ1) is 16.8. The van der Waals surface area contributed by atoms with Crippen LogP contribution < -0.4 is 0 Å². The van der Waals surface area contributed by atoms with Crippen LogP contribution in [0.4, 0.5) is 0 Å². The molecule has 0 aromatic carbocycles. The van der Waals surface area contributed by atoms with Crippen LogP contribution in [0.25, 0.3) is 0 Å². The van der Waals surface area contributed by atoms with Gasteiger partial charge < -0.3 is 4.74 Å². The summed E-state index contributed by atoms with van der Waals surface area (Å²) in [4.78, 5) is 6.78. The zero-order valence-corrected chi connectivity index (χ0v) is 14.6. The largest absolute Gasteiger partial charge is 0.384 e. The minimum atomic E-state index is -3.15. The van der Waals surface area contributed by atoms with E-state index in [0.29, 0.717) is 25.6 Å². The van der Waals surface area contributed by atoms with Gasteiger partial charge >= 0.3 is 0 Å². The summed E-state index contributed by atoms with van der Waals surface area (Å²) in [5.74, 6) is 0.314. The SMILES string of the molecule is COC[C@@]12CCN(Cc3ccccn3)C[C@@H]1CN(S(C)(=O)=O)C2. The first-order valence-corrected chi connectivity index (χ1v) is 9.84. The van der Waals surface area contributed by atoms with E-state index in [1.807, 2.05) is 24.4 Å². The van der Waals surface area contributed by atoms with E-state index < -0.39 is 10.0 Å². The molecule has 1 aromatic rings. The maximum Gasteiger partial charge on any atom is 0.211 e. The van der Waals surface area contributed by atoms with Gasteiger partial charge in [-0.2, -0.15) is 0 Å². The van der Waals surface area contributed by atoms with Crippen LogP contribution in [0.15, 0.2) is 24.4 Å². The molecule has 0 amide bonds. The second kappa shape index (κ2) is 6.47. The molecule has 2 aliphatic heterocycles. The third kappa shape index (κ3) is 3.57. The first-order chi connectivity index (χ1) is 10.9. The Balaban J connectivity index is 1.73. The zero-order valence-electron chi connectivity index (χ0n) is 13.8. The molecule has 7 heteroatoms. The van der Waals surface area contributed by atoms with E-state index in [0.717, 1.165) is 31.7 Å². The predicted molar refractivity (Wildman–Crippen MR) is 88.3 cm³/mol. The highest BCUT2D eigenvalue weighted by Crippen LogP contribution is 2.44. The minimum Gasteiger partial charge on any atom is -0.384 e. The monoisotopic (exact) mass is 339 g/mol. The molecule has 1 aromatic heterocycles. The average molecular weight is 339 g/mol. The van der Waals surface area contributed by atoms with Crippen LogP contribution in [-0.4, -0.2) is 68.8 Å². The fourth-order valence-electron chi connectivity index (χ4n) is 3.94. The zero-order chi connectivity index (χ0) is 16.5. The van der Waals surface area contributed by atoms with Crippen LogP contribution >= 0.6 is 0 Å². The molecule has 0 radical (unpaired) electrons. The van der Waals surface area contributed by atoms with E-state index in [1.165, 1.54) is 6.26 Å². The fourth-order valence-corrected chi connectivity index (χ4v) is 4.89. The molecular weight excluding hydrogens is 314 g/mol. The maximum atomic E-state index is 12.0. The fraction of sp³-hybridized carbons (Fsp3) is 0.688. The van der Waals surface area contributed by atoms with Gasteiger partial charge in [-0.05, 0) is 31.0 Å². The summed E-state index contributed by atoms with van der Waals surface area (Å²) in [6.45, 7) is 4.48. The highest BCUT2D eigenvalue weighted by Gasteiger charge is 2.51.